The lowest BCUT2D eigenvalue weighted by atomic mass is 10.0. The van der Waals surface area contributed by atoms with Crippen LogP contribution in [0.5, 0.6) is 0 Å². The normalized spacial score (nSPS) is 10.7. The molecule has 0 spiro atoms. The lowest BCUT2D eigenvalue weighted by Gasteiger charge is -2.07. The molecule has 1 amide bonds. The quantitative estimate of drug-likeness (QED) is 0.557. The zero-order valence-electron chi connectivity index (χ0n) is 14.8. The Labute approximate surface area is 156 Å². The first-order valence-electron chi connectivity index (χ1n) is 8.71. The lowest BCUT2D eigenvalue weighted by molar-refractivity contribution is 0.102. The third kappa shape index (κ3) is 3.51. The number of aromatic amines is 1. The highest BCUT2D eigenvalue weighted by Gasteiger charge is 2.12. The summed E-state index contributed by atoms with van der Waals surface area (Å²) in [5, 5.41) is 5.00. The van der Waals surface area contributed by atoms with E-state index in [1.165, 1.54) is 0 Å². The van der Waals surface area contributed by atoms with Crippen molar-refractivity contribution in [3.63, 3.8) is 0 Å². The number of fused-ring (bicyclic) bond motifs is 1. The highest BCUT2D eigenvalue weighted by atomic mass is 16.2. The van der Waals surface area contributed by atoms with Gasteiger partial charge in [0.1, 0.15) is 5.56 Å². The molecule has 1 aromatic heterocycles. The van der Waals surface area contributed by atoms with Crippen LogP contribution in [0.25, 0.3) is 22.0 Å². The van der Waals surface area contributed by atoms with Crippen LogP contribution in [0.15, 0.2) is 83.7 Å². The Balaban J connectivity index is 1.63. The fraction of sp³-hybridized carbons (Fsp3) is 0.0435. The average molecular weight is 354 g/mol. The van der Waals surface area contributed by atoms with Crippen LogP contribution in [-0.2, 0) is 0 Å². The van der Waals surface area contributed by atoms with E-state index in [1.54, 1.807) is 18.2 Å². The van der Waals surface area contributed by atoms with Gasteiger partial charge < -0.3 is 10.3 Å². The van der Waals surface area contributed by atoms with Gasteiger partial charge in [-0.3, -0.25) is 9.59 Å². The molecular formula is C23H18N2O2. The van der Waals surface area contributed by atoms with E-state index in [9.17, 15) is 9.59 Å². The number of H-pyrrole nitrogens is 1. The molecule has 2 N–H and O–H groups in total. The van der Waals surface area contributed by atoms with Gasteiger partial charge in [-0.1, -0.05) is 48.5 Å². The monoisotopic (exact) mass is 354 g/mol. The molecule has 0 bridgehead atoms. The number of amides is 1. The number of carbonyl (C=O) groups excluding carboxylic acids is 1. The summed E-state index contributed by atoms with van der Waals surface area (Å²) >= 11 is 0. The number of rotatable bonds is 3. The van der Waals surface area contributed by atoms with Crippen molar-refractivity contribution < 1.29 is 4.79 Å². The predicted octanol–water partition coefficient (Wildman–Crippen LogP) is 4.76. The molecular weight excluding hydrogens is 336 g/mol. The largest absolute Gasteiger partial charge is 0.322 e. The molecule has 0 radical (unpaired) electrons. The van der Waals surface area contributed by atoms with Gasteiger partial charge in [-0.25, -0.2) is 0 Å². The van der Waals surface area contributed by atoms with Crippen molar-refractivity contribution in [1.82, 2.24) is 4.98 Å². The zero-order valence-corrected chi connectivity index (χ0v) is 14.8. The maximum Gasteiger partial charge on any atom is 0.261 e. The summed E-state index contributed by atoms with van der Waals surface area (Å²) in [6.07, 6.45) is 0. The van der Waals surface area contributed by atoms with E-state index >= 15 is 0 Å². The highest BCUT2D eigenvalue weighted by molar-refractivity contribution is 6.04. The molecule has 0 saturated carbocycles. The van der Waals surface area contributed by atoms with Gasteiger partial charge in [0.05, 0.1) is 0 Å². The molecule has 4 heteroatoms. The lowest BCUT2D eigenvalue weighted by Crippen LogP contribution is -2.23. The fourth-order valence-corrected chi connectivity index (χ4v) is 3.10. The molecule has 0 aliphatic rings. The summed E-state index contributed by atoms with van der Waals surface area (Å²) in [5.74, 6) is -0.424. The van der Waals surface area contributed by atoms with Crippen LogP contribution in [-0.4, -0.2) is 10.9 Å². The van der Waals surface area contributed by atoms with Crippen molar-refractivity contribution in [2.75, 3.05) is 5.32 Å². The van der Waals surface area contributed by atoms with E-state index in [0.29, 0.717) is 11.4 Å². The molecule has 132 valence electrons. The summed E-state index contributed by atoms with van der Waals surface area (Å²) in [5.41, 5.74) is 2.95. The fourth-order valence-electron chi connectivity index (χ4n) is 3.10. The molecule has 4 aromatic rings. The topological polar surface area (TPSA) is 62.0 Å². The van der Waals surface area contributed by atoms with E-state index in [2.05, 4.69) is 10.3 Å². The standard InChI is InChI=1S/C23H18N2O2/c1-15-5-4-8-19(13-15)24-22(26)20-11-12-21(25-23(20)27)18-10-9-16-6-2-3-7-17(16)14-18/h2-14H,1H3,(H,24,26)(H,25,27). The van der Waals surface area contributed by atoms with Crippen molar-refractivity contribution in [3.8, 4) is 11.3 Å². The number of hydrogen-bond acceptors (Lipinski definition) is 2. The number of anilines is 1. The van der Waals surface area contributed by atoms with Gasteiger partial charge in [0.2, 0.25) is 0 Å². The molecule has 0 aliphatic carbocycles. The number of aryl methyl sites for hydroxylation is 1. The predicted molar refractivity (Wildman–Crippen MR) is 109 cm³/mol. The van der Waals surface area contributed by atoms with Crippen LogP contribution in [0.2, 0.25) is 0 Å². The average Bonchev–Trinajstić information content (AvgIpc) is 2.67. The Morgan fingerprint density at radius 3 is 2.44 bits per heavy atom. The molecule has 27 heavy (non-hydrogen) atoms. The summed E-state index contributed by atoms with van der Waals surface area (Å²) < 4.78 is 0. The second kappa shape index (κ2) is 6.92. The summed E-state index contributed by atoms with van der Waals surface area (Å²) in [6, 6.07) is 24.8. The second-order valence-corrected chi connectivity index (χ2v) is 6.50. The SMILES string of the molecule is Cc1cccc(NC(=O)c2ccc(-c3ccc4ccccc4c3)[nH]c2=O)c1. The van der Waals surface area contributed by atoms with E-state index in [0.717, 1.165) is 21.9 Å². The molecule has 4 rings (SSSR count). The van der Waals surface area contributed by atoms with Crippen molar-refractivity contribution in [1.29, 1.82) is 0 Å². The van der Waals surface area contributed by atoms with Crippen molar-refractivity contribution in [2.24, 2.45) is 0 Å². The third-order valence-electron chi connectivity index (χ3n) is 4.49. The van der Waals surface area contributed by atoms with Gasteiger partial charge in [-0.2, -0.15) is 0 Å². The minimum absolute atomic E-state index is 0.0843. The molecule has 0 atom stereocenters. The Hall–Kier alpha value is -3.66. The number of carbonyl (C=O) groups is 1. The Morgan fingerprint density at radius 2 is 1.67 bits per heavy atom. The van der Waals surface area contributed by atoms with Crippen LogP contribution in [0.1, 0.15) is 15.9 Å². The number of pyridine rings is 1. The summed E-state index contributed by atoms with van der Waals surface area (Å²) in [6.45, 7) is 1.95. The minimum Gasteiger partial charge on any atom is -0.322 e. The van der Waals surface area contributed by atoms with Gasteiger partial charge >= 0.3 is 0 Å². The van der Waals surface area contributed by atoms with Crippen molar-refractivity contribution in [3.05, 3.63) is 100 Å². The highest BCUT2D eigenvalue weighted by Crippen LogP contribution is 2.22. The van der Waals surface area contributed by atoms with Crippen LogP contribution in [0.3, 0.4) is 0 Å². The Morgan fingerprint density at radius 1 is 0.852 bits per heavy atom. The maximum absolute atomic E-state index is 12.5. The van der Waals surface area contributed by atoms with E-state index < -0.39 is 11.5 Å². The Bertz CT molecular complexity index is 1210. The summed E-state index contributed by atoms with van der Waals surface area (Å²) in [4.78, 5) is 27.7. The van der Waals surface area contributed by atoms with Gasteiger partial charge in [-0.05, 0) is 59.2 Å². The van der Waals surface area contributed by atoms with Crippen molar-refractivity contribution in [2.45, 2.75) is 6.92 Å². The molecule has 4 nitrogen and oxygen atoms in total. The molecule has 3 aromatic carbocycles. The summed E-state index contributed by atoms with van der Waals surface area (Å²) in [7, 11) is 0. The van der Waals surface area contributed by atoms with Crippen molar-refractivity contribution >= 4 is 22.4 Å². The molecule has 0 saturated heterocycles. The Kier molecular flexibility index (Phi) is 4.30. The first kappa shape index (κ1) is 16.8. The zero-order chi connectivity index (χ0) is 18.8. The number of hydrogen-bond donors (Lipinski definition) is 2. The second-order valence-electron chi connectivity index (χ2n) is 6.50. The number of benzene rings is 3. The van der Waals surface area contributed by atoms with Gasteiger partial charge in [0.15, 0.2) is 0 Å². The van der Waals surface area contributed by atoms with E-state index in [4.69, 9.17) is 0 Å². The first-order chi connectivity index (χ1) is 13.1. The van der Waals surface area contributed by atoms with Gasteiger partial charge in [0, 0.05) is 11.4 Å². The van der Waals surface area contributed by atoms with Gasteiger partial charge in [-0.15, -0.1) is 0 Å². The van der Waals surface area contributed by atoms with E-state index in [-0.39, 0.29) is 5.56 Å². The van der Waals surface area contributed by atoms with Crippen LogP contribution in [0.4, 0.5) is 5.69 Å². The molecule has 0 fully saturated rings. The molecule has 0 unspecified atom stereocenters. The third-order valence-corrected chi connectivity index (χ3v) is 4.49. The maximum atomic E-state index is 12.5. The van der Waals surface area contributed by atoms with Gasteiger partial charge in [0.25, 0.3) is 11.5 Å². The number of nitrogens with one attached hydrogen (secondary N) is 2. The first-order valence-corrected chi connectivity index (χ1v) is 8.71. The molecule has 0 aliphatic heterocycles. The number of aromatic nitrogens is 1. The van der Waals surface area contributed by atoms with Crippen LogP contribution < -0.4 is 10.9 Å². The minimum atomic E-state index is -0.424. The van der Waals surface area contributed by atoms with Crippen LogP contribution in [0, 0.1) is 6.92 Å². The van der Waals surface area contributed by atoms with Crippen LogP contribution >= 0.6 is 0 Å². The van der Waals surface area contributed by atoms with E-state index in [1.807, 2.05) is 67.6 Å². The molecule has 1 heterocycles. The smallest absolute Gasteiger partial charge is 0.261 e.